The summed E-state index contributed by atoms with van der Waals surface area (Å²) >= 11 is 0. The van der Waals surface area contributed by atoms with Crippen LogP contribution in [0.15, 0.2) is 35.3 Å². The van der Waals surface area contributed by atoms with Crippen molar-refractivity contribution in [2.24, 2.45) is 7.05 Å². The van der Waals surface area contributed by atoms with Crippen LogP contribution in [-0.2, 0) is 7.05 Å². The monoisotopic (exact) mass is 321 g/mol. The summed E-state index contributed by atoms with van der Waals surface area (Å²) in [7, 11) is 2.50. The summed E-state index contributed by atoms with van der Waals surface area (Å²) in [6.07, 6.45) is -0.172. The van der Waals surface area contributed by atoms with E-state index in [1.54, 1.807) is 0 Å². The van der Waals surface area contributed by atoms with E-state index in [1.165, 1.54) is 19.3 Å². The molecule has 0 atom stereocenters. The first-order chi connectivity index (χ1) is 10.7. The average molecular weight is 321 g/mol. The predicted octanol–water partition coefficient (Wildman–Crippen LogP) is 2.21. The largest absolute Gasteiger partial charge is 0.465 e. The average Bonchev–Trinajstić information content (AvgIpc) is 2.48. The fourth-order valence-electron chi connectivity index (χ4n) is 2.12. The van der Waals surface area contributed by atoms with Crippen LogP contribution in [0, 0.1) is 15.9 Å². The van der Waals surface area contributed by atoms with Gasteiger partial charge in [0.2, 0.25) is 0 Å². The SMILES string of the molecule is CN(C(=O)O)c1cc(-c2c(F)cccc2[N+](=O)[O-])cn(C)c1=O. The number of halogens is 1. The first kappa shape index (κ1) is 16.1. The maximum atomic E-state index is 14.1. The number of anilines is 1. The number of hydrogen-bond acceptors (Lipinski definition) is 4. The van der Waals surface area contributed by atoms with Crippen molar-refractivity contribution in [2.45, 2.75) is 0 Å². The van der Waals surface area contributed by atoms with Gasteiger partial charge in [-0.1, -0.05) is 6.07 Å². The molecular formula is C14H12FN3O5. The third kappa shape index (κ3) is 2.89. The number of aryl methyl sites for hydroxylation is 1. The highest BCUT2D eigenvalue weighted by molar-refractivity contribution is 5.87. The molecule has 1 N–H and O–H groups in total. The van der Waals surface area contributed by atoms with E-state index >= 15 is 0 Å². The van der Waals surface area contributed by atoms with E-state index in [-0.39, 0.29) is 16.8 Å². The Morgan fingerprint density at radius 3 is 2.65 bits per heavy atom. The molecule has 23 heavy (non-hydrogen) atoms. The first-order valence-electron chi connectivity index (χ1n) is 6.34. The van der Waals surface area contributed by atoms with Crippen LogP contribution in [0.2, 0.25) is 0 Å². The molecule has 1 aromatic heterocycles. The molecular weight excluding hydrogens is 309 g/mol. The van der Waals surface area contributed by atoms with Crippen molar-refractivity contribution in [3.05, 3.63) is 56.7 Å². The van der Waals surface area contributed by atoms with Crippen molar-refractivity contribution in [2.75, 3.05) is 11.9 Å². The molecule has 2 aromatic rings. The van der Waals surface area contributed by atoms with Crippen molar-refractivity contribution >= 4 is 17.5 Å². The molecule has 1 amide bonds. The molecule has 0 saturated heterocycles. The van der Waals surface area contributed by atoms with E-state index in [9.17, 15) is 24.1 Å². The number of nitro benzene ring substituents is 1. The number of aromatic nitrogens is 1. The molecule has 0 radical (unpaired) electrons. The highest BCUT2D eigenvalue weighted by Crippen LogP contribution is 2.33. The van der Waals surface area contributed by atoms with Crippen LogP contribution in [-0.4, -0.2) is 27.7 Å². The Balaban J connectivity index is 2.79. The van der Waals surface area contributed by atoms with E-state index < -0.39 is 28.1 Å². The summed E-state index contributed by atoms with van der Waals surface area (Å²) < 4.78 is 15.1. The minimum atomic E-state index is -1.39. The minimum absolute atomic E-state index is 0.0278. The van der Waals surface area contributed by atoms with Gasteiger partial charge in [-0.05, 0) is 12.1 Å². The molecule has 1 heterocycles. The summed E-state index contributed by atoms with van der Waals surface area (Å²) in [5, 5.41) is 20.1. The van der Waals surface area contributed by atoms with Crippen molar-refractivity contribution in [1.82, 2.24) is 4.57 Å². The Morgan fingerprint density at radius 2 is 2.09 bits per heavy atom. The zero-order valence-electron chi connectivity index (χ0n) is 12.2. The Labute approximate surface area is 129 Å². The van der Waals surface area contributed by atoms with Gasteiger partial charge >= 0.3 is 6.09 Å². The van der Waals surface area contributed by atoms with Crippen molar-refractivity contribution in [3.8, 4) is 11.1 Å². The topological polar surface area (TPSA) is 106 Å². The summed E-state index contributed by atoms with van der Waals surface area (Å²) in [6.45, 7) is 0. The molecule has 1 aromatic carbocycles. The smallest absolute Gasteiger partial charge is 0.411 e. The van der Waals surface area contributed by atoms with E-state index in [2.05, 4.69) is 0 Å². The molecule has 8 nitrogen and oxygen atoms in total. The fraction of sp³-hybridized carbons (Fsp3) is 0.143. The molecule has 0 unspecified atom stereocenters. The number of rotatable bonds is 3. The zero-order valence-corrected chi connectivity index (χ0v) is 12.2. The van der Waals surface area contributed by atoms with Crippen LogP contribution < -0.4 is 10.5 Å². The quantitative estimate of drug-likeness (QED) is 0.689. The Hall–Kier alpha value is -3.23. The van der Waals surface area contributed by atoms with Crippen molar-refractivity contribution in [3.63, 3.8) is 0 Å². The van der Waals surface area contributed by atoms with Gasteiger partial charge in [0.1, 0.15) is 11.5 Å². The second-order valence-electron chi connectivity index (χ2n) is 4.76. The van der Waals surface area contributed by atoms with Crippen LogP contribution in [0.3, 0.4) is 0 Å². The number of hydrogen-bond donors (Lipinski definition) is 1. The van der Waals surface area contributed by atoms with Crippen molar-refractivity contribution < 1.29 is 19.2 Å². The van der Waals surface area contributed by atoms with Crippen molar-refractivity contribution in [1.29, 1.82) is 0 Å². The van der Waals surface area contributed by atoms with Crippen LogP contribution in [0.25, 0.3) is 11.1 Å². The van der Waals surface area contributed by atoms with Gasteiger partial charge in [0.05, 0.1) is 10.5 Å². The van der Waals surface area contributed by atoms with Gasteiger partial charge in [0, 0.05) is 31.9 Å². The third-order valence-corrected chi connectivity index (χ3v) is 3.29. The second kappa shape index (κ2) is 5.87. The van der Waals surface area contributed by atoms with E-state index in [0.717, 1.165) is 29.8 Å². The maximum Gasteiger partial charge on any atom is 0.411 e. The summed E-state index contributed by atoms with van der Waals surface area (Å²) in [6, 6.07) is 4.49. The normalized spacial score (nSPS) is 10.4. The highest BCUT2D eigenvalue weighted by atomic mass is 19.1. The third-order valence-electron chi connectivity index (χ3n) is 3.29. The van der Waals surface area contributed by atoms with Gasteiger partial charge < -0.3 is 9.67 Å². The number of benzene rings is 1. The summed E-state index contributed by atoms with van der Waals surface area (Å²) in [5.41, 5.74) is -1.63. The molecule has 2 rings (SSSR count). The fourth-order valence-corrected chi connectivity index (χ4v) is 2.12. The van der Waals surface area contributed by atoms with E-state index in [0.29, 0.717) is 4.90 Å². The number of amides is 1. The molecule has 0 saturated carbocycles. The Kier molecular flexibility index (Phi) is 4.12. The summed E-state index contributed by atoms with van der Waals surface area (Å²) in [4.78, 5) is 34.1. The minimum Gasteiger partial charge on any atom is -0.465 e. The molecule has 0 aliphatic rings. The lowest BCUT2D eigenvalue weighted by Crippen LogP contribution is -2.32. The molecule has 120 valence electrons. The standard InChI is InChI=1S/C14H12FN3O5/c1-16-7-8(6-11(13(16)19)17(2)14(20)21)12-9(15)4-3-5-10(12)18(22)23/h3-7H,1-2H3,(H,20,21). The van der Waals surface area contributed by atoms with E-state index in [1.807, 2.05) is 0 Å². The van der Waals surface area contributed by atoms with Gasteiger partial charge in [0.25, 0.3) is 11.2 Å². The first-order valence-corrected chi connectivity index (χ1v) is 6.34. The lowest BCUT2D eigenvalue weighted by atomic mass is 10.0. The Bertz CT molecular complexity index is 862. The number of carboxylic acid groups (broad SMARTS) is 1. The van der Waals surface area contributed by atoms with Gasteiger partial charge in [-0.15, -0.1) is 0 Å². The second-order valence-corrected chi connectivity index (χ2v) is 4.76. The number of nitro groups is 1. The van der Waals surface area contributed by atoms with Crippen LogP contribution in [0.5, 0.6) is 0 Å². The molecule has 0 aliphatic carbocycles. The Morgan fingerprint density at radius 1 is 1.43 bits per heavy atom. The molecule has 0 spiro atoms. The number of nitrogens with zero attached hydrogens (tertiary/aromatic N) is 3. The zero-order chi connectivity index (χ0) is 17.3. The number of carbonyl (C=O) groups is 1. The van der Waals surface area contributed by atoms with Gasteiger partial charge in [-0.2, -0.15) is 0 Å². The lowest BCUT2D eigenvalue weighted by Gasteiger charge is -2.15. The van der Waals surface area contributed by atoms with E-state index in [4.69, 9.17) is 5.11 Å². The van der Waals surface area contributed by atoms with Gasteiger partial charge in [-0.25, -0.2) is 9.18 Å². The van der Waals surface area contributed by atoms with Crippen LogP contribution >= 0.6 is 0 Å². The van der Waals surface area contributed by atoms with Gasteiger partial charge in [0.15, 0.2) is 0 Å². The lowest BCUT2D eigenvalue weighted by molar-refractivity contribution is -0.384. The van der Waals surface area contributed by atoms with Crippen LogP contribution in [0.1, 0.15) is 0 Å². The highest BCUT2D eigenvalue weighted by Gasteiger charge is 2.22. The predicted molar refractivity (Wildman–Crippen MR) is 80.2 cm³/mol. The summed E-state index contributed by atoms with van der Waals surface area (Å²) in [5.74, 6) is -0.846. The molecule has 0 bridgehead atoms. The molecule has 0 fully saturated rings. The van der Waals surface area contributed by atoms with Gasteiger partial charge in [-0.3, -0.25) is 19.8 Å². The maximum absolute atomic E-state index is 14.1. The van der Waals surface area contributed by atoms with Crippen LogP contribution in [0.4, 0.5) is 20.6 Å². The molecule has 0 aliphatic heterocycles. The number of pyridine rings is 1. The molecule has 9 heteroatoms.